The number of carbonyl (C=O) groups excluding carboxylic acids is 1. The smallest absolute Gasteiger partial charge is 0.168 e. The quantitative estimate of drug-likeness (QED) is 0.693. The zero-order chi connectivity index (χ0) is 10.8. The Labute approximate surface area is 86.7 Å². The van der Waals surface area contributed by atoms with Crippen LogP contribution < -0.4 is 14.6 Å². The molecule has 0 unspecified atom stereocenters. The van der Waals surface area contributed by atoms with Crippen molar-refractivity contribution in [3.8, 4) is 11.5 Å². The fraction of sp³-hybridized carbons (Fsp3) is 0.182. The first-order chi connectivity index (χ1) is 7.22. The van der Waals surface area contributed by atoms with Crippen molar-refractivity contribution in [2.75, 3.05) is 13.7 Å². The van der Waals surface area contributed by atoms with Gasteiger partial charge in [-0.1, -0.05) is 12.1 Å². The van der Waals surface area contributed by atoms with E-state index in [-0.39, 0.29) is 12.2 Å². The van der Waals surface area contributed by atoms with Crippen molar-refractivity contribution in [1.82, 2.24) is 0 Å². The third-order valence-corrected chi connectivity index (χ3v) is 2.19. The summed E-state index contributed by atoms with van der Waals surface area (Å²) < 4.78 is 10.4. The molecule has 15 heavy (non-hydrogen) atoms. The van der Waals surface area contributed by atoms with Crippen molar-refractivity contribution < 1.29 is 19.4 Å². The molecule has 0 saturated heterocycles. The van der Waals surface area contributed by atoms with Gasteiger partial charge in [0.2, 0.25) is 0 Å². The number of hydrogen-bond donors (Lipinski definition) is 0. The average molecular weight is 205 g/mol. The van der Waals surface area contributed by atoms with E-state index in [0.29, 0.717) is 17.1 Å². The summed E-state index contributed by atoms with van der Waals surface area (Å²) in [6.45, 7) is 0.00963. The fourth-order valence-corrected chi connectivity index (χ4v) is 1.46. The van der Waals surface area contributed by atoms with Gasteiger partial charge in [-0.05, 0) is 12.1 Å². The molecule has 0 amide bonds. The summed E-state index contributed by atoms with van der Waals surface area (Å²) in [6, 6.07) is 5.30. The molecular formula is C11H9O4-. The van der Waals surface area contributed by atoms with Gasteiger partial charge < -0.3 is 19.4 Å². The number of benzene rings is 1. The number of carbonyl (C=O) groups is 1. The van der Waals surface area contributed by atoms with E-state index in [9.17, 15) is 9.90 Å². The third kappa shape index (κ3) is 1.66. The summed E-state index contributed by atoms with van der Waals surface area (Å²) in [5, 5.41) is 10.6. The first-order valence-corrected chi connectivity index (χ1v) is 4.44. The van der Waals surface area contributed by atoms with Gasteiger partial charge in [0.05, 0.1) is 13.1 Å². The molecule has 0 spiro atoms. The highest BCUT2D eigenvalue weighted by molar-refractivity contribution is 5.92. The summed E-state index contributed by atoms with van der Waals surface area (Å²) in [7, 11) is 1.54. The number of hydrogen-bond acceptors (Lipinski definition) is 4. The number of methoxy groups -OCH3 is 1. The normalized spacial score (nSPS) is 13.5. The standard InChI is InChI=1S/C11H10O4/c1-14-9-4-2-3-7-5-8(11(12)13)6-15-10(7)9/h2-5H,6H2,1H3,(H,12,13)/p-1. The Hall–Kier alpha value is -1.97. The number of carboxylic acid groups (broad SMARTS) is 1. The predicted molar refractivity (Wildman–Crippen MR) is 51.5 cm³/mol. The number of para-hydroxylation sites is 1. The lowest BCUT2D eigenvalue weighted by atomic mass is 10.1. The van der Waals surface area contributed by atoms with E-state index in [0.717, 1.165) is 0 Å². The molecule has 0 N–H and O–H groups in total. The largest absolute Gasteiger partial charge is 0.545 e. The van der Waals surface area contributed by atoms with Gasteiger partial charge in [0.25, 0.3) is 0 Å². The molecule has 78 valence electrons. The SMILES string of the molecule is COc1cccc2c1OCC(C(=O)[O-])=C2. The Morgan fingerprint density at radius 3 is 3.00 bits per heavy atom. The van der Waals surface area contributed by atoms with Gasteiger partial charge in [0.15, 0.2) is 11.5 Å². The Morgan fingerprint density at radius 2 is 2.33 bits per heavy atom. The summed E-state index contributed by atoms with van der Waals surface area (Å²) in [6.07, 6.45) is 1.54. The van der Waals surface area contributed by atoms with Crippen LogP contribution in [0.4, 0.5) is 0 Å². The first kappa shape index (κ1) is 9.58. The van der Waals surface area contributed by atoms with Crippen molar-refractivity contribution in [1.29, 1.82) is 0 Å². The third-order valence-electron chi connectivity index (χ3n) is 2.19. The first-order valence-electron chi connectivity index (χ1n) is 4.44. The maximum Gasteiger partial charge on any atom is 0.168 e. The molecule has 1 aromatic carbocycles. The number of carboxylic acids is 1. The molecule has 1 aliphatic heterocycles. The Morgan fingerprint density at radius 1 is 1.53 bits per heavy atom. The minimum absolute atomic E-state index is 0.00963. The second-order valence-corrected chi connectivity index (χ2v) is 3.12. The average Bonchev–Trinajstić information content (AvgIpc) is 2.27. The van der Waals surface area contributed by atoms with Crippen LogP contribution in [-0.2, 0) is 4.79 Å². The summed E-state index contributed by atoms with van der Waals surface area (Å²) in [5.41, 5.74) is 0.829. The predicted octanol–water partition coefficient (Wildman–Crippen LogP) is 0.221. The van der Waals surface area contributed by atoms with Crippen molar-refractivity contribution in [2.45, 2.75) is 0 Å². The van der Waals surface area contributed by atoms with Crippen molar-refractivity contribution in [2.24, 2.45) is 0 Å². The van der Waals surface area contributed by atoms with E-state index in [4.69, 9.17) is 9.47 Å². The van der Waals surface area contributed by atoms with Gasteiger partial charge in [-0.2, -0.15) is 0 Å². The minimum Gasteiger partial charge on any atom is -0.545 e. The van der Waals surface area contributed by atoms with Crippen molar-refractivity contribution >= 4 is 12.0 Å². The number of fused-ring (bicyclic) bond motifs is 1. The van der Waals surface area contributed by atoms with Crippen molar-refractivity contribution in [3.05, 3.63) is 29.3 Å². The monoisotopic (exact) mass is 205 g/mol. The molecule has 1 aliphatic rings. The zero-order valence-electron chi connectivity index (χ0n) is 8.15. The van der Waals surface area contributed by atoms with Crippen molar-refractivity contribution in [3.63, 3.8) is 0 Å². The molecular weight excluding hydrogens is 196 g/mol. The number of aliphatic carboxylic acids is 1. The molecule has 1 aromatic rings. The maximum absolute atomic E-state index is 10.6. The molecule has 0 saturated carbocycles. The van der Waals surface area contributed by atoms with Gasteiger partial charge in [0, 0.05) is 11.1 Å². The topological polar surface area (TPSA) is 58.6 Å². The van der Waals surface area contributed by atoms with E-state index in [1.54, 1.807) is 18.2 Å². The molecule has 2 rings (SSSR count). The van der Waals surface area contributed by atoms with Gasteiger partial charge in [-0.25, -0.2) is 0 Å². The molecule has 4 heteroatoms. The highest BCUT2D eigenvalue weighted by Gasteiger charge is 2.15. The van der Waals surface area contributed by atoms with Crippen LogP contribution in [0.25, 0.3) is 6.08 Å². The van der Waals surface area contributed by atoms with E-state index in [1.165, 1.54) is 13.2 Å². The van der Waals surface area contributed by atoms with Crippen LogP contribution in [0.1, 0.15) is 5.56 Å². The lowest BCUT2D eigenvalue weighted by Gasteiger charge is -2.20. The van der Waals surface area contributed by atoms with Crippen LogP contribution in [-0.4, -0.2) is 19.7 Å². The Bertz CT molecular complexity index is 434. The molecule has 4 nitrogen and oxygen atoms in total. The van der Waals surface area contributed by atoms with Crippen LogP contribution in [0, 0.1) is 0 Å². The Balaban J connectivity index is 2.48. The Kier molecular flexibility index (Phi) is 2.33. The fourth-order valence-electron chi connectivity index (χ4n) is 1.46. The molecule has 1 heterocycles. The van der Waals surface area contributed by atoms with Gasteiger partial charge >= 0.3 is 0 Å². The summed E-state index contributed by atoms with van der Waals surface area (Å²) in [4.78, 5) is 10.6. The van der Waals surface area contributed by atoms with Gasteiger partial charge in [-0.3, -0.25) is 0 Å². The van der Waals surface area contributed by atoms with Crippen LogP contribution in [0.15, 0.2) is 23.8 Å². The highest BCUT2D eigenvalue weighted by atomic mass is 16.5. The van der Waals surface area contributed by atoms with Crippen LogP contribution in [0.5, 0.6) is 11.5 Å². The van der Waals surface area contributed by atoms with E-state index >= 15 is 0 Å². The highest BCUT2D eigenvalue weighted by Crippen LogP contribution is 2.35. The van der Waals surface area contributed by atoms with Crippen LogP contribution in [0.3, 0.4) is 0 Å². The molecule has 0 radical (unpaired) electrons. The van der Waals surface area contributed by atoms with Crippen LogP contribution >= 0.6 is 0 Å². The van der Waals surface area contributed by atoms with Gasteiger partial charge in [0.1, 0.15) is 6.61 Å². The second kappa shape index (κ2) is 3.65. The molecule has 0 fully saturated rings. The lowest BCUT2D eigenvalue weighted by molar-refractivity contribution is -0.299. The lowest BCUT2D eigenvalue weighted by Crippen LogP contribution is -2.28. The van der Waals surface area contributed by atoms with E-state index < -0.39 is 5.97 Å². The summed E-state index contributed by atoms with van der Waals surface area (Å²) >= 11 is 0. The summed E-state index contributed by atoms with van der Waals surface area (Å²) in [5.74, 6) is -0.0328. The molecule has 0 bridgehead atoms. The minimum atomic E-state index is -1.21. The van der Waals surface area contributed by atoms with E-state index in [1.807, 2.05) is 0 Å². The van der Waals surface area contributed by atoms with E-state index in [2.05, 4.69) is 0 Å². The second-order valence-electron chi connectivity index (χ2n) is 3.12. The number of rotatable bonds is 2. The van der Waals surface area contributed by atoms with Gasteiger partial charge in [-0.15, -0.1) is 0 Å². The molecule has 0 atom stereocenters. The molecule has 0 aliphatic carbocycles. The molecule has 0 aromatic heterocycles. The zero-order valence-corrected chi connectivity index (χ0v) is 8.15. The number of ether oxygens (including phenoxy) is 2. The van der Waals surface area contributed by atoms with Crippen LogP contribution in [0.2, 0.25) is 0 Å². The maximum atomic E-state index is 10.6.